The zero-order valence-corrected chi connectivity index (χ0v) is 16.1. The molecule has 9 heteroatoms. The van der Waals surface area contributed by atoms with E-state index in [-0.39, 0.29) is 24.1 Å². The number of rotatable bonds is 6. The Bertz CT molecular complexity index is 1080. The molecule has 1 amide bonds. The van der Waals surface area contributed by atoms with Crippen LogP contribution >= 0.6 is 11.6 Å². The molecule has 0 spiro atoms. The van der Waals surface area contributed by atoms with Crippen LogP contribution in [-0.4, -0.2) is 43.4 Å². The second kappa shape index (κ2) is 8.10. The number of aromatic nitrogens is 4. The molecule has 0 bridgehead atoms. The number of amides is 1. The summed E-state index contributed by atoms with van der Waals surface area (Å²) in [6.45, 7) is -0.174. The second-order valence-corrected chi connectivity index (χ2v) is 7.30. The van der Waals surface area contributed by atoms with Crippen molar-refractivity contribution < 1.29 is 9.90 Å². The lowest BCUT2D eigenvalue weighted by atomic mass is 10.1. The third-order valence-corrected chi connectivity index (χ3v) is 5.04. The Morgan fingerprint density at radius 3 is 2.55 bits per heavy atom. The molecule has 1 aliphatic carbocycles. The minimum Gasteiger partial charge on any atom is -0.394 e. The number of nitrogens with zero attached hydrogens (tertiary/aromatic N) is 4. The Morgan fingerprint density at radius 2 is 1.93 bits per heavy atom. The topological polar surface area (TPSA) is 110 Å². The van der Waals surface area contributed by atoms with Gasteiger partial charge in [0.05, 0.1) is 30.7 Å². The first-order valence-electron chi connectivity index (χ1n) is 9.14. The highest BCUT2D eigenvalue weighted by Gasteiger charge is 2.32. The molecule has 2 N–H and O–H groups in total. The van der Waals surface area contributed by atoms with Crippen molar-refractivity contribution >= 4 is 17.5 Å². The lowest BCUT2D eigenvalue weighted by Gasteiger charge is -2.16. The first-order valence-corrected chi connectivity index (χ1v) is 9.52. The lowest BCUT2D eigenvalue weighted by molar-refractivity contribution is 0.0906. The summed E-state index contributed by atoms with van der Waals surface area (Å²) in [5.74, 6) is -0.310. The first kappa shape index (κ1) is 19.2. The minimum atomic E-state index is -0.595. The van der Waals surface area contributed by atoms with Crippen LogP contribution in [0.3, 0.4) is 0 Å². The van der Waals surface area contributed by atoms with Crippen molar-refractivity contribution in [2.45, 2.75) is 18.9 Å². The van der Waals surface area contributed by atoms with E-state index in [0.29, 0.717) is 22.0 Å². The number of hydrogen-bond acceptors (Lipinski definition) is 6. The van der Waals surface area contributed by atoms with Crippen molar-refractivity contribution in [2.24, 2.45) is 5.92 Å². The normalized spacial score (nSPS) is 14.4. The van der Waals surface area contributed by atoms with Crippen molar-refractivity contribution in [1.82, 2.24) is 25.1 Å². The molecule has 1 fully saturated rings. The van der Waals surface area contributed by atoms with Gasteiger partial charge in [0.2, 0.25) is 0 Å². The summed E-state index contributed by atoms with van der Waals surface area (Å²) in [4.78, 5) is 33.7. The fraction of sp³-hybridized carbons (Fsp3) is 0.250. The summed E-state index contributed by atoms with van der Waals surface area (Å²) in [6.07, 6.45) is 6.12. The molecule has 2 heterocycles. The Balaban J connectivity index is 1.80. The molecular weight excluding hydrogens is 394 g/mol. The van der Waals surface area contributed by atoms with Crippen LogP contribution in [0.15, 0.2) is 53.8 Å². The van der Waals surface area contributed by atoms with Crippen molar-refractivity contribution in [3.05, 3.63) is 70.0 Å². The van der Waals surface area contributed by atoms with Gasteiger partial charge in [0, 0.05) is 10.6 Å². The average molecular weight is 412 g/mol. The summed E-state index contributed by atoms with van der Waals surface area (Å²) >= 11 is 5.96. The molecule has 1 atom stereocenters. The van der Waals surface area contributed by atoms with E-state index >= 15 is 0 Å². The van der Waals surface area contributed by atoms with Gasteiger partial charge in [0.1, 0.15) is 17.6 Å². The van der Waals surface area contributed by atoms with Crippen molar-refractivity contribution in [3.8, 4) is 16.9 Å². The highest BCUT2D eigenvalue weighted by molar-refractivity contribution is 6.30. The second-order valence-electron chi connectivity index (χ2n) is 6.86. The van der Waals surface area contributed by atoms with Crippen molar-refractivity contribution in [2.75, 3.05) is 6.61 Å². The summed E-state index contributed by atoms with van der Waals surface area (Å²) in [5.41, 5.74) is 0.774. The highest BCUT2D eigenvalue weighted by Crippen LogP contribution is 2.32. The van der Waals surface area contributed by atoms with Gasteiger partial charge >= 0.3 is 0 Å². The molecule has 0 saturated heterocycles. The predicted molar refractivity (Wildman–Crippen MR) is 107 cm³/mol. The third kappa shape index (κ3) is 4.18. The molecule has 29 heavy (non-hydrogen) atoms. The van der Waals surface area contributed by atoms with Gasteiger partial charge in [-0.15, -0.1) is 0 Å². The largest absolute Gasteiger partial charge is 0.394 e. The fourth-order valence-electron chi connectivity index (χ4n) is 3.05. The number of aliphatic hydroxyl groups is 1. The summed E-state index contributed by atoms with van der Waals surface area (Å²) in [6, 6.07) is 7.99. The third-order valence-electron chi connectivity index (χ3n) is 4.79. The average Bonchev–Trinajstić information content (AvgIpc) is 3.58. The van der Waals surface area contributed by atoms with E-state index in [4.69, 9.17) is 11.6 Å². The molecule has 1 saturated carbocycles. The van der Waals surface area contributed by atoms with Crippen molar-refractivity contribution in [1.29, 1.82) is 0 Å². The van der Waals surface area contributed by atoms with Crippen molar-refractivity contribution in [3.63, 3.8) is 0 Å². The van der Waals surface area contributed by atoms with E-state index in [1.807, 2.05) is 0 Å². The predicted octanol–water partition coefficient (Wildman–Crippen LogP) is 1.84. The zero-order chi connectivity index (χ0) is 20.4. The van der Waals surface area contributed by atoms with Crippen LogP contribution in [0.4, 0.5) is 0 Å². The van der Waals surface area contributed by atoms with Crippen LogP contribution in [0.1, 0.15) is 23.2 Å². The van der Waals surface area contributed by atoms with E-state index in [2.05, 4.69) is 20.4 Å². The minimum absolute atomic E-state index is 0.0760. The van der Waals surface area contributed by atoms with E-state index < -0.39 is 11.5 Å². The Labute approximate surface area is 171 Å². The molecule has 0 radical (unpaired) electrons. The zero-order valence-electron chi connectivity index (χ0n) is 15.3. The van der Waals surface area contributed by atoms with Gasteiger partial charge in [-0.3, -0.25) is 9.59 Å². The van der Waals surface area contributed by atoms with Gasteiger partial charge in [-0.1, -0.05) is 23.7 Å². The number of nitrogens with one attached hydrogen (secondary N) is 1. The molecule has 8 nitrogen and oxygen atoms in total. The Hall–Kier alpha value is -3.10. The van der Waals surface area contributed by atoms with E-state index in [9.17, 15) is 14.7 Å². The molecule has 148 valence electrons. The number of carbonyl (C=O) groups is 1. The monoisotopic (exact) mass is 411 g/mol. The van der Waals surface area contributed by atoms with E-state index in [1.165, 1.54) is 24.8 Å². The van der Waals surface area contributed by atoms with Gasteiger partial charge < -0.3 is 10.4 Å². The standard InChI is InChI=1S/C20H18ClN5O3/c21-14-5-3-12(4-6-14)17-7-16(19(28)24-18(10-27)13-1-2-13)20(29)26(25-17)15-8-22-11-23-9-15/h3-9,11,13,18,27H,1-2,10H2,(H,24,28)/t18-/m1/s1. The molecule has 4 rings (SSSR count). The van der Waals surface area contributed by atoms with E-state index in [1.54, 1.807) is 24.3 Å². The maximum atomic E-state index is 13.0. The Morgan fingerprint density at radius 1 is 1.24 bits per heavy atom. The van der Waals surface area contributed by atoms with Crippen LogP contribution in [0.2, 0.25) is 5.02 Å². The molecule has 0 unspecified atom stereocenters. The molecule has 0 aliphatic heterocycles. The molecule has 3 aromatic rings. The number of aliphatic hydroxyl groups excluding tert-OH is 1. The summed E-state index contributed by atoms with van der Waals surface area (Å²) in [5, 5.41) is 17.3. The first-order chi connectivity index (χ1) is 14.1. The van der Waals surface area contributed by atoms with Crippen LogP contribution in [-0.2, 0) is 0 Å². The molecular formula is C20H18ClN5O3. The number of carbonyl (C=O) groups excluding carboxylic acids is 1. The maximum Gasteiger partial charge on any atom is 0.284 e. The Kier molecular flexibility index (Phi) is 5.37. The van der Waals surface area contributed by atoms with Crippen LogP contribution < -0.4 is 10.9 Å². The number of halogens is 1. The quantitative estimate of drug-likeness (QED) is 0.640. The molecule has 1 aromatic carbocycles. The van der Waals surface area contributed by atoms with Gasteiger partial charge in [-0.05, 0) is 37.0 Å². The van der Waals surface area contributed by atoms with Gasteiger partial charge in [-0.25, -0.2) is 9.97 Å². The summed E-state index contributed by atoms with van der Waals surface area (Å²) < 4.78 is 1.10. The SMILES string of the molecule is O=C(N[C@H](CO)C1CC1)c1cc(-c2ccc(Cl)cc2)nn(-c2cncnc2)c1=O. The molecule has 1 aliphatic rings. The van der Waals surface area contributed by atoms with Gasteiger partial charge in [-0.2, -0.15) is 9.78 Å². The number of benzene rings is 1. The van der Waals surface area contributed by atoms with Crippen LogP contribution in [0.5, 0.6) is 0 Å². The maximum absolute atomic E-state index is 13.0. The lowest BCUT2D eigenvalue weighted by Crippen LogP contribution is -2.42. The van der Waals surface area contributed by atoms with Crippen LogP contribution in [0.25, 0.3) is 16.9 Å². The fourth-order valence-corrected chi connectivity index (χ4v) is 3.18. The smallest absolute Gasteiger partial charge is 0.284 e. The number of hydrogen-bond donors (Lipinski definition) is 2. The highest BCUT2D eigenvalue weighted by atomic mass is 35.5. The van der Waals surface area contributed by atoms with E-state index in [0.717, 1.165) is 17.5 Å². The van der Waals surface area contributed by atoms with Gasteiger partial charge in [0.15, 0.2) is 0 Å². The van der Waals surface area contributed by atoms with Crippen LogP contribution in [0, 0.1) is 5.92 Å². The van der Waals surface area contributed by atoms with Gasteiger partial charge in [0.25, 0.3) is 11.5 Å². The summed E-state index contributed by atoms with van der Waals surface area (Å²) in [7, 11) is 0. The molecule has 2 aromatic heterocycles.